The third kappa shape index (κ3) is 1.94. The molecular weight excluding hydrogens is 276 g/mol. The average molecular weight is 287 g/mol. The summed E-state index contributed by atoms with van der Waals surface area (Å²) in [7, 11) is 0. The van der Waals surface area contributed by atoms with Gasteiger partial charge in [-0.3, -0.25) is 4.57 Å². The number of para-hydroxylation sites is 1. The van der Waals surface area contributed by atoms with E-state index in [1.165, 1.54) is 0 Å². The molecule has 0 bridgehead atoms. The van der Waals surface area contributed by atoms with Gasteiger partial charge in [-0.05, 0) is 37.3 Å². The van der Waals surface area contributed by atoms with Gasteiger partial charge in [-0.15, -0.1) is 0 Å². The second-order valence-corrected chi connectivity index (χ2v) is 4.89. The molecule has 0 amide bonds. The molecule has 0 aliphatic carbocycles. The lowest BCUT2D eigenvalue weighted by Crippen LogP contribution is -2.06. The van der Waals surface area contributed by atoms with Gasteiger partial charge in [0.05, 0.1) is 22.3 Å². The molecule has 0 radical (unpaired) electrons. The van der Waals surface area contributed by atoms with Crippen LogP contribution in [-0.4, -0.2) is 20.6 Å². The maximum absolute atomic E-state index is 11.4. The van der Waals surface area contributed by atoms with E-state index in [0.717, 1.165) is 16.9 Å². The molecule has 0 spiro atoms. The van der Waals surface area contributed by atoms with Crippen molar-refractivity contribution in [2.75, 3.05) is 0 Å². The Bertz CT molecular complexity index is 824. The van der Waals surface area contributed by atoms with Crippen molar-refractivity contribution in [3.05, 3.63) is 58.9 Å². The highest BCUT2D eigenvalue weighted by molar-refractivity contribution is 6.31. The lowest BCUT2D eigenvalue weighted by Gasteiger charge is -2.10. The molecule has 0 atom stereocenters. The van der Waals surface area contributed by atoms with Crippen molar-refractivity contribution in [1.29, 1.82) is 0 Å². The number of hydrogen-bond donors (Lipinski definition) is 1. The van der Waals surface area contributed by atoms with E-state index in [1.807, 2.05) is 23.6 Å². The Morgan fingerprint density at radius 1 is 1.25 bits per heavy atom. The summed E-state index contributed by atoms with van der Waals surface area (Å²) in [4.78, 5) is 15.8. The number of aryl methyl sites for hydroxylation is 1. The van der Waals surface area contributed by atoms with Gasteiger partial charge in [0.25, 0.3) is 0 Å². The average Bonchev–Trinajstić information content (AvgIpc) is 2.73. The third-order valence-electron chi connectivity index (χ3n) is 3.16. The molecule has 20 heavy (non-hydrogen) atoms. The number of nitrogens with zero attached hydrogens (tertiary/aromatic N) is 2. The number of aromatic nitrogens is 2. The first-order valence-corrected chi connectivity index (χ1v) is 6.43. The van der Waals surface area contributed by atoms with Crippen LogP contribution in [0.3, 0.4) is 0 Å². The summed E-state index contributed by atoms with van der Waals surface area (Å²) in [6.07, 6.45) is 0. The van der Waals surface area contributed by atoms with Crippen LogP contribution in [-0.2, 0) is 0 Å². The molecular formula is C15H11ClN2O2. The molecule has 0 saturated carbocycles. The first kappa shape index (κ1) is 12.7. The van der Waals surface area contributed by atoms with E-state index in [9.17, 15) is 9.90 Å². The normalized spacial score (nSPS) is 10.9. The van der Waals surface area contributed by atoms with Gasteiger partial charge in [0.1, 0.15) is 5.82 Å². The molecule has 0 aliphatic rings. The molecule has 5 heteroatoms. The van der Waals surface area contributed by atoms with E-state index in [4.69, 9.17) is 11.6 Å². The lowest BCUT2D eigenvalue weighted by atomic mass is 10.1. The molecule has 0 aliphatic heterocycles. The highest BCUT2D eigenvalue weighted by Gasteiger charge is 2.15. The predicted molar refractivity (Wildman–Crippen MR) is 77.8 cm³/mol. The molecule has 3 aromatic rings. The molecule has 0 fully saturated rings. The zero-order valence-electron chi connectivity index (χ0n) is 10.7. The largest absolute Gasteiger partial charge is 0.478 e. The Kier molecular flexibility index (Phi) is 2.95. The smallest absolute Gasteiger partial charge is 0.337 e. The summed E-state index contributed by atoms with van der Waals surface area (Å²) in [5.74, 6) is -0.244. The number of fused-ring (bicyclic) bond motifs is 1. The summed E-state index contributed by atoms with van der Waals surface area (Å²) < 4.78 is 1.83. The second kappa shape index (κ2) is 4.65. The maximum atomic E-state index is 11.4. The van der Waals surface area contributed by atoms with Crippen molar-refractivity contribution in [1.82, 2.24) is 9.55 Å². The van der Waals surface area contributed by atoms with Gasteiger partial charge in [0.2, 0.25) is 0 Å². The van der Waals surface area contributed by atoms with Gasteiger partial charge < -0.3 is 5.11 Å². The summed E-state index contributed by atoms with van der Waals surface area (Å²) in [5.41, 5.74) is 2.42. The van der Waals surface area contributed by atoms with Crippen LogP contribution in [0.5, 0.6) is 0 Å². The highest BCUT2D eigenvalue weighted by atomic mass is 35.5. The van der Waals surface area contributed by atoms with Crippen LogP contribution < -0.4 is 0 Å². The Morgan fingerprint density at radius 2 is 2.00 bits per heavy atom. The van der Waals surface area contributed by atoms with E-state index in [2.05, 4.69) is 4.98 Å². The minimum Gasteiger partial charge on any atom is -0.478 e. The second-order valence-electron chi connectivity index (χ2n) is 4.45. The number of rotatable bonds is 2. The number of aromatic carboxylic acids is 1. The van der Waals surface area contributed by atoms with Gasteiger partial charge in [0, 0.05) is 5.02 Å². The van der Waals surface area contributed by atoms with Crippen molar-refractivity contribution in [2.24, 2.45) is 0 Å². The molecule has 2 aromatic carbocycles. The van der Waals surface area contributed by atoms with Crippen molar-refractivity contribution < 1.29 is 9.90 Å². The molecule has 0 saturated heterocycles. The van der Waals surface area contributed by atoms with E-state index >= 15 is 0 Å². The molecule has 1 N–H and O–H groups in total. The first-order valence-electron chi connectivity index (χ1n) is 6.05. The molecule has 1 aromatic heterocycles. The van der Waals surface area contributed by atoms with E-state index in [1.54, 1.807) is 30.3 Å². The van der Waals surface area contributed by atoms with E-state index < -0.39 is 5.97 Å². The van der Waals surface area contributed by atoms with Gasteiger partial charge in [-0.2, -0.15) is 0 Å². The molecule has 0 unspecified atom stereocenters. The number of carbonyl (C=O) groups is 1. The fraction of sp³-hybridized carbons (Fsp3) is 0.0667. The Balaban J connectivity index is 2.35. The van der Waals surface area contributed by atoms with Crippen LogP contribution in [0.25, 0.3) is 16.7 Å². The summed E-state index contributed by atoms with van der Waals surface area (Å²) in [5, 5.41) is 9.92. The zero-order chi connectivity index (χ0) is 14.3. The van der Waals surface area contributed by atoms with Crippen LogP contribution in [0.15, 0.2) is 42.5 Å². The molecule has 1 heterocycles. The van der Waals surface area contributed by atoms with Crippen LogP contribution >= 0.6 is 11.6 Å². The van der Waals surface area contributed by atoms with Crippen molar-refractivity contribution in [3.63, 3.8) is 0 Å². The Labute approximate surface area is 120 Å². The van der Waals surface area contributed by atoms with Crippen molar-refractivity contribution >= 4 is 28.6 Å². The molecule has 4 nitrogen and oxygen atoms in total. The summed E-state index contributed by atoms with van der Waals surface area (Å²) in [6.45, 7) is 1.84. The van der Waals surface area contributed by atoms with E-state index in [-0.39, 0.29) is 5.56 Å². The van der Waals surface area contributed by atoms with Gasteiger partial charge in [0.15, 0.2) is 0 Å². The first-order chi connectivity index (χ1) is 9.58. The van der Waals surface area contributed by atoms with Crippen LogP contribution in [0.1, 0.15) is 16.2 Å². The Hall–Kier alpha value is -2.33. The van der Waals surface area contributed by atoms with E-state index in [0.29, 0.717) is 10.7 Å². The zero-order valence-corrected chi connectivity index (χ0v) is 11.4. The minimum atomic E-state index is -0.962. The number of imidazole rings is 1. The van der Waals surface area contributed by atoms with Crippen LogP contribution in [0.2, 0.25) is 5.02 Å². The van der Waals surface area contributed by atoms with Crippen molar-refractivity contribution in [2.45, 2.75) is 6.92 Å². The SMILES string of the molecule is Cc1nc2cc(Cl)ccc2n1-c1ccccc1C(=O)O. The summed E-state index contributed by atoms with van der Waals surface area (Å²) in [6, 6.07) is 12.2. The summed E-state index contributed by atoms with van der Waals surface area (Å²) >= 11 is 5.96. The van der Waals surface area contributed by atoms with Gasteiger partial charge in [-0.1, -0.05) is 23.7 Å². The Morgan fingerprint density at radius 3 is 2.75 bits per heavy atom. The molecule has 100 valence electrons. The fourth-order valence-corrected chi connectivity index (χ4v) is 2.49. The third-order valence-corrected chi connectivity index (χ3v) is 3.39. The predicted octanol–water partition coefficient (Wildman–Crippen LogP) is 3.69. The topological polar surface area (TPSA) is 55.1 Å². The lowest BCUT2D eigenvalue weighted by molar-refractivity contribution is 0.0697. The quantitative estimate of drug-likeness (QED) is 0.782. The van der Waals surface area contributed by atoms with Crippen LogP contribution in [0.4, 0.5) is 0 Å². The fourth-order valence-electron chi connectivity index (χ4n) is 2.33. The number of halogens is 1. The number of benzene rings is 2. The maximum Gasteiger partial charge on any atom is 0.337 e. The van der Waals surface area contributed by atoms with Crippen LogP contribution in [0, 0.1) is 6.92 Å². The minimum absolute atomic E-state index is 0.241. The standard InChI is InChI=1S/C15H11ClN2O2/c1-9-17-12-8-10(16)6-7-14(12)18(9)13-5-3-2-4-11(13)15(19)20/h2-8H,1H3,(H,19,20). The van der Waals surface area contributed by atoms with Gasteiger partial charge >= 0.3 is 5.97 Å². The number of carboxylic acids is 1. The molecule has 3 rings (SSSR count). The number of hydrogen-bond acceptors (Lipinski definition) is 2. The highest BCUT2D eigenvalue weighted by Crippen LogP contribution is 2.25. The van der Waals surface area contributed by atoms with Crippen molar-refractivity contribution in [3.8, 4) is 5.69 Å². The number of carboxylic acid groups (broad SMARTS) is 1. The van der Waals surface area contributed by atoms with Gasteiger partial charge in [-0.25, -0.2) is 9.78 Å². The monoisotopic (exact) mass is 286 g/mol.